The summed E-state index contributed by atoms with van der Waals surface area (Å²) in [5.74, 6) is 0. The van der Waals surface area contributed by atoms with Crippen LogP contribution in [0.15, 0.2) is 0 Å². The summed E-state index contributed by atoms with van der Waals surface area (Å²) in [7, 11) is 0. The molecular formula is C14H28N2. The summed E-state index contributed by atoms with van der Waals surface area (Å²) < 4.78 is 0. The van der Waals surface area contributed by atoms with Crippen molar-refractivity contribution in [2.45, 2.75) is 65.0 Å². The van der Waals surface area contributed by atoms with E-state index in [1.165, 1.54) is 51.7 Å². The Labute approximate surface area is 101 Å². The van der Waals surface area contributed by atoms with Crippen molar-refractivity contribution in [1.29, 1.82) is 0 Å². The predicted octanol–water partition coefficient (Wildman–Crippen LogP) is 2.64. The molecule has 0 radical (unpaired) electrons. The third-order valence-electron chi connectivity index (χ3n) is 5.02. The monoisotopic (exact) mass is 224 g/mol. The van der Waals surface area contributed by atoms with Crippen LogP contribution in [0.3, 0.4) is 0 Å². The summed E-state index contributed by atoms with van der Waals surface area (Å²) in [5.41, 5.74) is 0.575. The van der Waals surface area contributed by atoms with Gasteiger partial charge < -0.3 is 5.32 Å². The van der Waals surface area contributed by atoms with E-state index >= 15 is 0 Å². The minimum absolute atomic E-state index is 0.575. The standard InChI is InChI=1S/C14H28N2/c1-4-13-7-6-12(3)16(13)11-14(5-2)8-9-15-10-14/h12-13,15H,4-11H2,1-3H3. The third kappa shape index (κ3) is 2.28. The lowest BCUT2D eigenvalue weighted by atomic mass is 9.83. The van der Waals surface area contributed by atoms with E-state index in [4.69, 9.17) is 0 Å². The van der Waals surface area contributed by atoms with Crippen LogP contribution in [0.2, 0.25) is 0 Å². The smallest absolute Gasteiger partial charge is 0.00962 e. The zero-order valence-corrected chi connectivity index (χ0v) is 11.3. The van der Waals surface area contributed by atoms with Crippen molar-refractivity contribution < 1.29 is 0 Å². The van der Waals surface area contributed by atoms with Crippen LogP contribution >= 0.6 is 0 Å². The summed E-state index contributed by atoms with van der Waals surface area (Å²) in [6.07, 6.45) is 6.87. The number of nitrogens with zero attached hydrogens (tertiary/aromatic N) is 1. The van der Waals surface area contributed by atoms with Crippen LogP contribution < -0.4 is 5.32 Å². The van der Waals surface area contributed by atoms with E-state index in [1.807, 2.05) is 0 Å². The Morgan fingerprint density at radius 1 is 1.31 bits per heavy atom. The Balaban J connectivity index is 2.01. The molecule has 2 aliphatic heterocycles. The molecule has 0 aromatic heterocycles. The fourth-order valence-electron chi connectivity index (χ4n) is 3.58. The van der Waals surface area contributed by atoms with Gasteiger partial charge in [0.25, 0.3) is 0 Å². The molecule has 2 heterocycles. The molecule has 0 aromatic rings. The van der Waals surface area contributed by atoms with Crippen molar-refractivity contribution >= 4 is 0 Å². The molecule has 3 unspecified atom stereocenters. The lowest BCUT2D eigenvalue weighted by molar-refractivity contribution is 0.114. The van der Waals surface area contributed by atoms with Gasteiger partial charge in [-0.15, -0.1) is 0 Å². The molecule has 3 atom stereocenters. The van der Waals surface area contributed by atoms with E-state index in [1.54, 1.807) is 0 Å². The summed E-state index contributed by atoms with van der Waals surface area (Å²) in [6, 6.07) is 1.67. The zero-order chi connectivity index (χ0) is 11.6. The van der Waals surface area contributed by atoms with E-state index in [9.17, 15) is 0 Å². The van der Waals surface area contributed by atoms with E-state index in [-0.39, 0.29) is 0 Å². The van der Waals surface area contributed by atoms with Crippen molar-refractivity contribution in [1.82, 2.24) is 10.2 Å². The molecular weight excluding hydrogens is 196 g/mol. The third-order valence-corrected chi connectivity index (χ3v) is 5.02. The fourth-order valence-corrected chi connectivity index (χ4v) is 3.58. The summed E-state index contributed by atoms with van der Waals surface area (Å²) in [4.78, 5) is 2.80. The Morgan fingerprint density at radius 2 is 2.12 bits per heavy atom. The fraction of sp³-hybridized carbons (Fsp3) is 1.00. The Bertz CT molecular complexity index is 221. The van der Waals surface area contributed by atoms with Gasteiger partial charge in [-0.05, 0) is 51.0 Å². The highest BCUT2D eigenvalue weighted by molar-refractivity contribution is 4.94. The summed E-state index contributed by atoms with van der Waals surface area (Å²) >= 11 is 0. The summed E-state index contributed by atoms with van der Waals surface area (Å²) in [5, 5.41) is 3.56. The predicted molar refractivity (Wildman–Crippen MR) is 69.7 cm³/mol. The van der Waals surface area contributed by atoms with Crippen LogP contribution in [0.4, 0.5) is 0 Å². The Morgan fingerprint density at radius 3 is 2.69 bits per heavy atom. The minimum atomic E-state index is 0.575. The van der Waals surface area contributed by atoms with E-state index in [2.05, 4.69) is 31.0 Å². The average Bonchev–Trinajstić information content (AvgIpc) is 2.89. The van der Waals surface area contributed by atoms with Gasteiger partial charge in [0, 0.05) is 25.2 Å². The van der Waals surface area contributed by atoms with Crippen LogP contribution in [0.25, 0.3) is 0 Å². The Kier molecular flexibility index (Phi) is 3.91. The maximum Gasteiger partial charge on any atom is 0.00962 e. The topological polar surface area (TPSA) is 15.3 Å². The molecule has 2 saturated heterocycles. The van der Waals surface area contributed by atoms with E-state index < -0.39 is 0 Å². The molecule has 2 nitrogen and oxygen atoms in total. The van der Waals surface area contributed by atoms with Crippen LogP contribution in [0.1, 0.15) is 52.9 Å². The largest absolute Gasteiger partial charge is 0.316 e. The number of hydrogen-bond acceptors (Lipinski definition) is 2. The number of hydrogen-bond donors (Lipinski definition) is 1. The average molecular weight is 224 g/mol. The quantitative estimate of drug-likeness (QED) is 0.790. The van der Waals surface area contributed by atoms with Crippen LogP contribution in [-0.4, -0.2) is 36.6 Å². The van der Waals surface area contributed by atoms with E-state index in [0.717, 1.165) is 12.1 Å². The molecule has 2 aliphatic rings. The number of likely N-dealkylation sites (tertiary alicyclic amines) is 1. The molecule has 0 aliphatic carbocycles. The maximum atomic E-state index is 3.56. The highest BCUT2D eigenvalue weighted by Crippen LogP contribution is 2.35. The minimum Gasteiger partial charge on any atom is -0.316 e. The van der Waals surface area contributed by atoms with Gasteiger partial charge in [-0.3, -0.25) is 4.90 Å². The number of rotatable bonds is 4. The van der Waals surface area contributed by atoms with Crippen LogP contribution in [0, 0.1) is 5.41 Å². The van der Waals surface area contributed by atoms with E-state index in [0.29, 0.717) is 5.41 Å². The SMILES string of the molecule is CCC1CCC(C)N1CC1(CC)CCNC1. The van der Waals surface area contributed by atoms with Crippen molar-refractivity contribution in [3.8, 4) is 0 Å². The van der Waals surface area contributed by atoms with Gasteiger partial charge in [0.2, 0.25) is 0 Å². The van der Waals surface area contributed by atoms with Crippen molar-refractivity contribution in [3.05, 3.63) is 0 Å². The lowest BCUT2D eigenvalue weighted by Gasteiger charge is -2.37. The highest BCUT2D eigenvalue weighted by atomic mass is 15.2. The first-order valence-electron chi connectivity index (χ1n) is 7.17. The molecule has 0 aromatic carbocycles. The molecule has 2 rings (SSSR count). The first kappa shape index (κ1) is 12.4. The van der Waals surface area contributed by atoms with Crippen molar-refractivity contribution in [2.24, 2.45) is 5.41 Å². The molecule has 2 fully saturated rings. The molecule has 0 saturated carbocycles. The van der Waals surface area contributed by atoms with Gasteiger partial charge in [-0.2, -0.15) is 0 Å². The second-order valence-electron chi connectivity index (χ2n) is 5.94. The van der Waals surface area contributed by atoms with Gasteiger partial charge in [0.05, 0.1) is 0 Å². The molecule has 2 heteroatoms. The first-order valence-corrected chi connectivity index (χ1v) is 7.17. The highest BCUT2D eigenvalue weighted by Gasteiger charge is 2.38. The molecule has 0 spiro atoms. The van der Waals surface area contributed by atoms with Gasteiger partial charge in [0.15, 0.2) is 0 Å². The summed E-state index contributed by atoms with van der Waals surface area (Å²) in [6.45, 7) is 10.9. The van der Waals surface area contributed by atoms with Crippen LogP contribution in [-0.2, 0) is 0 Å². The van der Waals surface area contributed by atoms with Gasteiger partial charge in [0.1, 0.15) is 0 Å². The number of nitrogens with one attached hydrogen (secondary N) is 1. The van der Waals surface area contributed by atoms with Gasteiger partial charge in [-0.25, -0.2) is 0 Å². The first-order chi connectivity index (χ1) is 7.71. The van der Waals surface area contributed by atoms with Crippen LogP contribution in [0.5, 0.6) is 0 Å². The van der Waals surface area contributed by atoms with Crippen molar-refractivity contribution in [3.63, 3.8) is 0 Å². The molecule has 94 valence electrons. The zero-order valence-electron chi connectivity index (χ0n) is 11.3. The Hall–Kier alpha value is -0.0800. The van der Waals surface area contributed by atoms with Gasteiger partial charge >= 0.3 is 0 Å². The molecule has 0 bridgehead atoms. The second kappa shape index (κ2) is 5.05. The van der Waals surface area contributed by atoms with Crippen molar-refractivity contribution in [2.75, 3.05) is 19.6 Å². The maximum absolute atomic E-state index is 3.56. The second-order valence-corrected chi connectivity index (χ2v) is 5.94. The normalized spacial score (nSPS) is 40.7. The lowest BCUT2D eigenvalue weighted by Crippen LogP contribution is -2.44. The molecule has 0 amide bonds. The molecule has 1 N–H and O–H groups in total. The molecule has 16 heavy (non-hydrogen) atoms. The van der Waals surface area contributed by atoms with Gasteiger partial charge in [-0.1, -0.05) is 13.8 Å².